The number of H-pyrrole nitrogens is 1. The number of benzene rings is 2. The van der Waals surface area contributed by atoms with Crippen LogP contribution in [0.25, 0.3) is 10.9 Å². The van der Waals surface area contributed by atoms with Gasteiger partial charge in [0.25, 0.3) is 0 Å². The highest BCUT2D eigenvalue weighted by Crippen LogP contribution is 2.22. The molecule has 0 bridgehead atoms. The number of aromatic nitrogens is 1. The number of nitrogens with zero attached hydrogens (tertiary/aromatic N) is 2. The number of hydrazone groups is 1. The minimum Gasteiger partial charge on any atom is -0.358 e. The summed E-state index contributed by atoms with van der Waals surface area (Å²) in [5, 5.41) is 14.0. The van der Waals surface area contributed by atoms with E-state index in [4.69, 9.17) is 0 Å². The molecular formula is C18H14N4O. The van der Waals surface area contributed by atoms with E-state index in [1.807, 2.05) is 55.5 Å². The lowest BCUT2D eigenvalue weighted by Crippen LogP contribution is -2.15. The van der Waals surface area contributed by atoms with Gasteiger partial charge in [-0.3, -0.25) is 10.2 Å². The van der Waals surface area contributed by atoms with Gasteiger partial charge in [0.05, 0.1) is 11.3 Å². The fourth-order valence-corrected chi connectivity index (χ4v) is 2.45. The van der Waals surface area contributed by atoms with Crippen LogP contribution in [0.5, 0.6) is 0 Å². The molecule has 1 heterocycles. The summed E-state index contributed by atoms with van der Waals surface area (Å²) < 4.78 is 0. The Balaban J connectivity index is 1.96. The number of hydrogen-bond donors (Lipinski definition) is 2. The first-order valence-corrected chi connectivity index (χ1v) is 7.11. The zero-order chi connectivity index (χ0) is 16.2. The molecule has 2 aromatic carbocycles. The van der Waals surface area contributed by atoms with Gasteiger partial charge >= 0.3 is 0 Å². The molecule has 0 aliphatic carbocycles. The molecule has 0 aliphatic rings. The summed E-state index contributed by atoms with van der Waals surface area (Å²) in [6, 6.07) is 18.5. The van der Waals surface area contributed by atoms with Gasteiger partial charge in [-0.1, -0.05) is 36.4 Å². The third-order valence-corrected chi connectivity index (χ3v) is 3.51. The van der Waals surface area contributed by atoms with E-state index in [2.05, 4.69) is 15.5 Å². The van der Waals surface area contributed by atoms with E-state index in [1.165, 1.54) is 0 Å². The number of nitrogens with one attached hydrogen (secondary N) is 2. The number of para-hydroxylation sites is 2. The SMILES string of the molecule is Cc1[nH]c2ccccc2c1C(=O)/C(C#N)=N/Nc1ccccc1. The summed E-state index contributed by atoms with van der Waals surface area (Å²) in [7, 11) is 0. The molecule has 5 heteroatoms. The summed E-state index contributed by atoms with van der Waals surface area (Å²) >= 11 is 0. The Kier molecular flexibility index (Phi) is 3.89. The molecule has 3 rings (SSSR count). The number of aromatic amines is 1. The van der Waals surface area contributed by atoms with Crippen molar-refractivity contribution in [3.05, 3.63) is 65.9 Å². The molecule has 0 saturated heterocycles. The fraction of sp³-hybridized carbons (Fsp3) is 0.0556. The molecule has 0 saturated carbocycles. The van der Waals surface area contributed by atoms with Crippen LogP contribution in [0.15, 0.2) is 59.7 Å². The van der Waals surface area contributed by atoms with E-state index in [1.54, 1.807) is 12.1 Å². The Morgan fingerprint density at radius 3 is 2.57 bits per heavy atom. The molecule has 0 spiro atoms. The molecule has 3 aromatic rings. The maximum Gasteiger partial charge on any atom is 0.226 e. The summed E-state index contributed by atoms with van der Waals surface area (Å²) in [4.78, 5) is 15.8. The Hall–Kier alpha value is -3.39. The molecule has 0 fully saturated rings. The molecule has 0 amide bonds. The number of anilines is 1. The second-order valence-electron chi connectivity index (χ2n) is 5.05. The van der Waals surface area contributed by atoms with E-state index in [9.17, 15) is 10.1 Å². The number of nitriles is 1. The Labute approximate surface area is 133 Å². The highest BCUT2D eigenvalue weighted by molar-refractivity contribution is 6.53. The van der Waals surface area contributed by atoms with E-state index in [0.29, 0.717) is 11.3 Å². The quantitative estimate of drug-likeness (QED) is 0.438. The van der Waals surface area contributed by atoms with Crippen LogP contribution in [-0.2, 0) is 0 Å². The van der Waals surface area contributed by atoms with Crippen LogP contribution in [0.1, 0.15) is 16.1 Å². The second kappa shape index (κ2) is 6.16. The lowest BCUT2D eigenvalue weighted by Gasteiger charge is -2.02. The van der Waals surface area contributed by atoms with Crippen molar-refractivity contribution in [3.63, 3.8) is 0 Å². The average Bonchev–Trinajstić information content (AvgIpc) is 2.92. The minimum atomic E-state index is -0.397. The zero-order valence-corrected chi connectivity index (χ0v) is 12.5. The van der Waals surface area contributed by atoms with Gasteiger partial charge in [0.2, 0.25) is 11.5 Å². The normalized spacial score (nSPS) is 11.2. The lowest BCUT2D eigenvalue weighted by molar-refractivity contribution is 0.106. The number of aryl methyl sites for hydroxylation is 1. The van der Waals surface area contributed by atoms with Gasteiger partial charge in [-0.2, -0.15) is 10.4 Å². The van der Waals surface area contributed by atoms with Crippen LogP contribution in [0.4, 0.5) is 5.69 Å². The second-order valence-corrected chi connectivity index (χ2v) is 5.05. The van der Waals surface area contributed by atoms with E-state index >= 15 is 0 Å². The number of carbonyl (C=O) groups is 1. The molecule has 112 valence electrons. The van der Waals surface area contributed by atoms with Gasteiger partial charge < -0.3 is 4.98 Å². The van der Waals surface area contributed by atoms with Gasteiger partial charge in [-0.05, 0) is 25.1 Å². The Morgan fingerprint density at radius 1 is 1.13 bits per heavy atom. The van der Waals surface area contributed by atoms with E-state index in [-0.39, 0.29) is 5.71 Å². The Morgan fingerprint density at radius 2 is 1.83 bits per heavy atom. The van der Waals surface area contributed by atoms with E-state index < -0.39 is 5.78 Å². The number of Topliss-reactive ketones (excluding diaryl/α,β-unsaturated/α-hetero) is 1. The smallest absolute Gasteiger partial charge is 0.226 e. The van der Waals surface area contributed by atoms with Gasteiger partial charge in [0, 0.05) is 16.6 Å². The van der Waals surface area contributed by atoms with Crippen molar-refractivity contribution < 1.29 is 4.79 Å². The highest BCUT2D eigenvalue weighted by atomic mass is 16.1. The highest BCUT2D eigenvalue weighted by Gasteiger charge is 2.21. The standard InChI is InChI=1S/C18H14N4O/c1-12-17(14-9-5-6-10-15(14)20-12)18(23)16(11-19)22-21-13-7-3-2-4-8-13/h2-10,20-21H,1H3/b22-16+. The zero-order valence-electron chi connectivity index (χ0n) is 12.5. The van der Waals surface area contributed by atoms with E-state index in [0.717, 1.165) is 16.6 Å². The third-order valence-electron chi connectivity index (χ3n) is 3.51. The van der Waals surface area contributed by atoms with Crippen molar-refractivity contribution in [1.29, 1.82) is 5.26 Å². The van der Waals surface area contributed by atoms with Gasteiger partial charge in [-0.15, -0.1) is 0 Å². The monoisotopic (exact) mass is 302 g/mol. The van der Waals surface area contributed by atoms with Crippen LogP contribution < -0.4 is 5.43 Å². The van der Waals surface area contributed by atoms with Gasteiger partial charge in [-0.25, -0.2) is 0 Å². The Bertz CT molecular complexity index is 933. The summed E-state index contributed by atoms with van der Waals surface area (Å²) in [5.41, 5.74) is 5.34. The first-order valence-electron chi connectivity index (χ1n) is 7.11. The van der Waals surface area contributed by atoms with Crippen molar-refractivity contribution in [2.45, 2.75) is 6.92 Å². The minimum absolute atomic E-state index is 0.179. The fourth-order valence-electron chi connectivity index (χ4n) is 2.45. The van der Waals surface area contributed by atoms with Crippen molar-refractivity contribution in [3.8, 4) is 6.07 Å². The summed E-state index contributed by atoms with van der Waals surface area (Å²) in [5.74, 6) is -0.397. The van der Waals surface area contributed by atoms with Crippen molar-refractivity contribution >= 4 is 28.1 Å². The number of fused-ring (bicyclic) bond motifs is 1. The predicted octanol–water partition coefficient (Wildman–Crippen LogP) is 3.65. The molecule has 23 heavy (non-hydrogen) atoms. The number of hydrogen-bond acceptors (Lipinski definition) is 4. The molecular weight excluding hydrogens is 288 g/mol. The third kappa shape index (κ3) is 2.83. The van der Waals surface area contributed by atoms with Gasteiger partial charge in [0.1, 0.15) is 6.07 Å². The van der Waals surface area contributed by atoms with Crippen molar-refractivity contribution in [1.82, 2.24) is 4.98 Å². The number of carbonyl (C=O) groups excluding carboxylic acids is 1. The lowest BCUT2D eigenvalue weighted by atomic mass is 10.0. The number of ketones is 1. The molecule has 0 unspecified atom stereocenters. The predicted molar refractivity (Wildman–Crippen MR) is 90.5 cm³/mol. The van der Waals surface area contributed by atoms with Crippen LogP contribution in [-0.4, -0.2) is 16.5 Å². The molecule has 0 atom stereocenters. The first-order chi connectivity index (χ1) is 11.2. The van der Waals surface area contributed by atoms with Crippen LogP contribution in [0.2, 0.25) is 0 Å². The van der Waals surface area contributed by atoms with Crippen LogP contribution in [0.3, 0.4) is 0 Å². The van der Waals surface area contributed by atoms with Crippen LogP contribution >= 0.6 is 0 Å². The average molecular weight is 302 g/mol. The summed E-state index contributed by atoms with van der Waals surface area (Å²) in [6.07, 6.45) is 0. The molecule has 2 N–H and O–H groups in total. The van der Waals surface area contributed by atoms with Crippen molar-refractivity contribution in [2.24, 2.45) is 5.10 Å². The van der Waals surface area contributed by atoms with Crippen molar-refractivity contribution in [2.75, 3.05) is 5.43 Å². The summed E-state index contributed by atoms with van der Waals surface area (Å²) in [6.45, 7) is 1.81. The maximum atomic E-state index is 12.7. The molecule has 0 aliphatic heterocycles. The largest absolute Gasteiger partial charge is 0.358 e. The van der Waals surface area contributed by atoms with Crippen LogP contribution in [0, 0.1) is 18.3 Å². The molecule has 5 nitrogen and oxygen atoms in total. The maximum absolute atomic E-state index is 12.7. The molecule has 0 radical (unpaired) electrons. The topological polar surface area (TPSA) is 81.0 Å². The molecule has 1 aromatic heterocycles. The first kappa shape index (κ1) is 14.5. The number of rotatable bonds is 4. The van der Waals surface area contributed by atoms with Gasteiger partial charge in [0.15, 0.2) is 0 Å².